The zero-order valence-electron chi connectivity index (χ0n) is 62.4. The van der Waals surface area contributed by atoms with Gasteiger partial charge in [0.05, 0.1) is 38.6 Å². The molecule has 0 saturated carbocycles. The van der Waals surface area contributed by atoms with Gasteiger partial charge in [-0.25, -0.2) is 0 Å². The predicted octanol–water partition coefficient (Wildman–Crippen LogP) is 13.5. The number of hydrogen-bond acceptors (Lipinski definition) is 18. The quantitative estimate of drug-likeness (QED) is 0.0199. The Balaban J connectivity index is 1.37. The first-order chi connectivity index (χ1) is 48.8. The number of hydrogen-bond donors (Lipinski definition) is 12. The highest BCUT2D eigenvalue weighted by Gasteiger charge is 2.54. The van der Waals surface area contributed by atoms with E-state index < -0.39 is 124 Å². The highest BCUT2D eigenvalue weighted by molar-refractivity contribution is 5.76. The zero-order chi connectivity index (χ0) is 72.5. The molecule has 3 aliphatic rings. The molecule has 19 heteroatoms. The second-order valence-electron chi connectivity index (χ2n) is 28.9. The van der Waals surface area contributed by atoms with Gasteiger partial charge in [-0.2, -0.15) is 0 Å². The van der Waals surface area contributed by atoms with Crippen molar-refractivity contribution in [3.8, 4) is 0 Å². The maximum absolute atomic E-state index is 13.5. The molecule has 3 rings (SSSR count). The topological polar surface area (TPSA) is 307 Å². The number of nitrogens with one attached hydrogen (secondary N) is 1. The van der Waals surface area contributed by atoms with Gasteiger partial charge in [-0.1, -0.05) is 299 Å². The first-order valence-electron chi connectivity index (χ1n) is 40.5. The Hall–Kier alpha value is -2.51. The summed E-state index contributed by atoms with van der Waals surface area (Å²) < 4.78 is 34.4. The second-order valence-corrected chi connectivity index (χ2v) is 28.9. The van der Waals surface area contributed by atoms with Crippen LogP contribution in [0.5, 0.6) is 0 Å². The van der Waals surface area contributed by atoms with E-state index in [1.54, 1.807) is 6.08 Å². The lowest BCUT2D eigenvalue weighted by atomic mass is 9.96. The third kappa shape index (κ3) is 41.4. The van der Waals surface area contributed by atoms with Crippen LogP contribution in [-0.2, 0) is 33.2 Å². The van der Waals surface area contributed by atoms with E-state index in [-0.39, 0.29) is 18.9 Å². The number of rotatable bonds is 64. The van der Waals surface area contributed by atoms with E-state index >= 15 is 0 Å². The minimum Gasteiger partial charge on any atom is -0.394 e. The summed E-state index contributed by atoms with van der Waals surface area (Å²) in [6.45, 7) is 1.74. The normalized spacial score (nSPS) is 26.8. The van der Waals surface area contributed by atoms with Gasteiger partial charge >= 0.3 is 0 Å². The molecule has 3 fully saturated rings. The van der Waals surface area contributed by atoms with E-state index in [1.807, 2.05) is 6.08 Å². The summed E-state index contributed by atoms with van der Waals surface area (Å²) in [5, 5.41) is 121. The highest BCUT2D eigenvalue weighted by atomic mass is 16.8. The van der Waals surface area contributed by atoms with E-state index in [0.29, 0.717) is 12.8 Å². The SMILES string of the molecule is CCCCCCC/C=C\C/C=C\C/C=C\CCCCCCCCCCCCCCCCCCCCC(=O)NC(COC1OC(CO)C(OC2OC(CO)C(OC3OC(CO)C(O)C(O)C3O)C(O)C2O)C(O)C1O)C(O)/C=C/CC/C=C/CCCCCCCCCCCCCCCCCC. The number of unbranched alkanes of at least 4 members (excludes halogenated alkanes) is 40. The summed E-state index contributed by atoms with van der Waals surface area (Å²) in [6.07, 6.45) is 52.1. The molecule has 100 heavy (non-hydrogen) atoms. The van der Waals surface area contributed by atoms with Crippen molar-refractivity contribution in [3.05, 3.63) is 60.8 Å². The van der Waals surface area contributed by atoms with Crippen molar-refractivity contribution >= 4 is 5.91 Å². The third-order valence-electron chi connectivity index (χ3n) is 20.0. The van der Waals surface area contributed by atoms with Crippen molar-refractivity contribution in [2.45, 2.75) is 420 Å². The molecule has 17 unspecified atom stereocenters. The molecule has 584 valence electrons. The van der Waals surface area contributed by atoms with Gasteiger partial charge in [0.2, 0.25) is 5.91 Å². The molecule has 3 aliphatic heterocycles. The largest absolute Gasteiger partial charge is 0.394 e. The number of aliphatic hydroxyl groups excluding tert-OH is 11. The van der Waals surface area contributed by atoms with Crippen LogP contribution in [0.2, 0.25) is 0 Å². The number of amides is 1. The number of carbonyl (C=O) groups is 1. The molecule has 0 aliphatic carbocycles. The molecular formula is C81H147NO18. The number of allylic oxidation sites excluding steroid dienone is 9. The maximum Gasteiger partial charge on any atom is 0.220 e. The Bertz CT molecular complexity index is 2040. The zero-order valence-corrected chi connectivity index (χ0v) is 62.4. The van der Waals surface area contributed by atoms with Crippen LogP contribution in [0.25, 0.3) is 0 Å². The summed E-state index contributed by atoms with van der Waals surface area (Å²) in [6, 6.07) is -0.992. The lowest BCUT2D eigenvalue weighted by Crippen LogP contribution is -2.66. The van der Waals surface area contributed by atoms with Crippen LogP contribution in [0, 0.1) is 0 Å². The van der Waals surface area contributed by atoms with Crippen molar-refractivity contribution in [2.24, 2.45) is 0 Å². The monoisotopic (exact) mass is 1420 g/mol. The lowest BCUT2D eigenvalue weighted by molar-refractivity contribution is -0.379. The third-order valence-corrected chi connectivity index (χ3v) is 20.0. The van der Waals surface area contributed by atoms with Gasteiger partial charge in [-0.05, 0) is 70.6 Å². The fourth-order valence-electron chi connectivity index (χ4n) is 13.5. The van der Waals surface area contributed by atoms with Crippen LogP contribution < -0.4 is 5.32 Å². The molecule has 0 aromatic carbocycles. The molecule has 0 aromatic heterocycles. The van der Waals surface area contributed by atoms with E-state index in [1.165, 1.54) is 231 Å². The summed E-state index contributed by atoms with van der Waals surface area (Å²) in [7, 11) is 0. The van der Waals surface area contributed by atoms with Crippen LogP contribution >= 0.6 is 0 Å². The molecule has 0 radical (unpaired) electrons. The van der Waals surface area contributed by atoms with Crippen molar-refractivity contribution in [2.75, 3.05) is 26.4 Å². The van der Waals surface area contributed by atoms with Gasteiger partial charge in [-0.3, -0.25) is 4.79 Å². The van der Waals surface area contributed by atoms with Crippen molar-refractivity contribution < 1.29 is 89.4 Å². The summed E-state index contributed by atoms with van der Waals surface area (Å²) in [5.74, 6) is -0.282. The number of ether oxygens (including phenoxy) is 6. The van der Waals surface area contributed by atoms with E-state index in [4.69, 9.17) is 28.4 Å². The second kappa shape index (κ2) is 61.6. The van der Waals surface area contributed by atoms with Crippen molar-refractivity contribution in [3.63, 3.8) is 0 Å². The molecule has 0 bridgehead atoms. The summed E-state index contributed by atoms with van der Waals surface area (Å²) >= 11 is 0. The van der Waals surface area contributed by atoms with Crippen LogP contribution in [0.1, 0.15) is 316 Å². The maximum atomic E-state index is 13.5. The molecule has 17 atom stereocenters. The lowest BCUT2D eigenvalue weighted by Gasteiger charge is -2.48. The van der Waals surface area contributed by atoms with E-state index in [9.17, 15) is 61.0 Å². The minimum absolute atomic E-state index is 0.236. The predicted molar refractivity (Wildman–Crippen MR) is 397 cm³/mol. The van der Waals surface area contributed by atoms with Crippen molar-refractivity contribution in [1.29, 1.82) is 0 Å². The van der Waals surface area contributed by atoms with E-state index in [0.717, 1.165) is 51.4 Å². The Kier molecular flexibility index (Phi) is 56.5. The van der Waals surface area contributed by atoms with Gasteiger partial charge in [0, 0.05) is 6.42 Å². The molecule has 0 spiro atoms. The van der Waals surface area contributed by atoms with Gasteiger partial charge in [0.15, 0.2) is 18.9 Å². The van der Waals surface area contributed by atoms with Crippen LogP contribution in [0.3, 0.4) is 0 Å². The molecule has 12 N–H and O–H groups in total. The van der Waals surface area contributed by atoms with Gasteiger partial charge < -0.3 is 89.9 Å². The Morgan fingerprint density at radius 2 is 0.670 bits per heavy atom. The summed E-state index contributed by atoms with van der Waals surface area (Å²) in [4.78, 5) is 13.5. The number of aliphatic hydroxyl groups is 11. The minimum atomic E-state index is -1.98. The smallest absolute Gasteiger partial charge is 0.220 e. The standard InChI is InChI=1S/C81H147NO18/c1-3-5-7-9-11-13-15-17-19-21-23-25-27-28-29-30-31-32-33-34-35-36-37-39-41-43-45-47-49-51-53-55-57-59-69(87)82-64(65(86)58-56-54-52-50-48-46-44-42-40-38-26-24-22-20-18-16-14-12-10-8-6-4-2)63-95-79-75(93)72(90)77(67(61-84)97-79)100-81-76(94)73(91)78(68(62-85)98-81)99-80-74(92)71(89)70(88)66(60-83)96-80/h15,17,21,23,27-28,48,50,56,58,64-68,70-81,83-86,88-94H,3-14,16,18-20,22,24-26,29-47,49,51-55,57,59-63H2,1-2H3,(H,82,87)/b17-15-,23-21-,28-27-,50-48+,58-56+. The van der Waals surface area contributed by atoms with Gasteiger partial charge in [0.25, 0.3) is 0 Å². The molecule has 1 amide bonds. The van der Waals surface area contributed by atoms with Crippen LogP contribution in [0.4, 0.5) is 0 Å². The first-order valence-corrected chi connectivity index (χ1v) is 40.5. The highest BCUT2D eigenvalue weighted by Crippen LogP contribution is 2.33. The molecular weight excluding hydrogens is 1270 g/mol. The fraction of sp³-hybridized carbons (Fsp3) is 0.864. The number of carbonyl (C=O) groups excluding carboxylic acids is 1. The molecule has 3 heterocycles. The van der Waals surface area contributed by atoms with Crippen LogP contribution in [-0.4, -0.2) is 193 Å². The van der Waals surface area contributed by atoms with Gasteiger partial charge in [0.1, 0.15) is 73.2 Å². The molecule has 19 nitrogen and oxygen atoms in total. The Labute approximate surface area is 605 Å². The molecule has 3 saturated heterocycles. The Morgan fingerprint density at radius 1 is 0.360 bits per heavy atom. The van der Waals surface area contributed by atoms with Crippen molar-refractivity contribution in [1.82, 2.24) is 5.32 Å². The summed E-state index contributed by atoms with van der Waals surface area (Å²) in [5.41, 5.74) is 0. The average Bonchev–Trinajstić information content (AvgIpc) is 0.783. The first kappa shape index (κ1) is 91.7. The van der Waals surface area contributed by atoms with E-state index in [2.05, 4.69) is 67.8 Å². The molecule has 0 aromatic rings. The average molecular weight is 1420 g/mol. The van der Waals surface area contributed by atoms with Gasteiger partial charge in [-0.15, -0.1) is 0 Å². The van der Waals surface area contributed by atoms with Crippen LogP contribution in [0.15, 0.2) is 60.8 Å². The fourth-order valence-corrected chi connectivity index (χ4v) is 13.5. The Morgan fingerprint density at radius 3 is 1.07 bits per heavy atom.